The number of amides is 1. The number of anilines is 1. The second-order valence-electron chi connectivity index (χ2n) is 9.24. The highest BCUT2D eigenvalue weighted by molar-refractivity contribution is 7.22. The molecule has 5 nitrogen and oxygen atoms in total. The molecule has 2 atom stereocenters. The number of nitrogens with zero attached hydrogens (tertiary/aromatic N) is 3. The molecule has 2 saturated heterocycles. The summed E-state index contributed by atoms with van der Waals surface area (Å²) in [6.45, 7) is 11.5. The molecule has 164 valence electrons. The Morgan fingerprint density at radius 2 is 2.07 bits per heavy atom. The SMILES string of the molecule is Cc1cc(C)c2nc(N3CCCC(C(=O)NCCCN4CCCCC4C)C3)sc2c1. The monoisotopic (exact) mass is 428 g/mol. The van der Waals surface area contributed by atoms with Gasteiger partial charge in [-0.05, 0) is 76.6 Å². The van der Waals surface area contributed by atoms with Crippen LogP contribution < -0.4 is 10.2 Å². The number of carbonyl (C=O) groups excluding carboxylic acids is 1. The molecular formula is C24H36N4OS. The van der Waals surface area contributed by atoms with Crippen LogP contribution in [-0.2, 0) is 4.79 Å². The minimum atomic E-state index is 0.0718. The van der Waals surface area contributed by atoms with Gasteiger partial charge in [0.05, 0.1) is 16.1 Å². The quantitative estimate of drug-likeness (QED) is 0.688. The first-order valence-electron chi connectivity index (χ1n) is 11.7. The fraction of sp³-hybridized carbons (Fsp3) is 0.667. The van der Waals surface area contributed by atoms with Crippen molar-refractivity contribution in [3.8, 4) is 0 Å². The highest BCUT2D eigenvalue weighted by Gasteiger charge is 2.27. The summed E-state index contributed by atoms with van der Waals surface area (Å²) < 4.78 is 1.25. The van der Waals surface area contributed by atoms with Gasteiger partial charge in [-0.3, -0.25) is 4.79 Å². The molecule has 1 amide bonds. The van der Waals surface area contributed by atoms with Gasteiger partial charge < -0.3 is 15.1 Å². The highest BCUT2D eigenvalue weighted by Crippen LogP contribution is 2.33. The summed E-state index contributed by atoms with van der Waals surface area (Å²) in [6.07, 6.45) is 7.07. The number of aryl methyl sites for hydroxylation is 2. The minimum Gasteiger partial charge on any atom is -0.356 e. The van der Waals surface area contributed by atoms with Gasteiger partial charge in [0.2, 0.25) is 5.91 Å². The van der Waals surface area contributed by atoms with Crippen LogP contribution in [0.2, 0.25) is 0 Å². The van der Waals surface area contributed by atoms with Crippen LogP contribution in [0, 0.1) is 19.8 Å². The zero-order chi connectivity index (χ0) is 21.1. The zero-order valence-electron chi connectivity index (χ0n) is 18.7. The van der Waals surface area contributed by atoms with E-state index in [1.165, 1.54) is 41.6 Å². The van der Waals surface area contributed by atoms with Crippen LogP contribution in [0.15, 0.2) is 12.1 Å². The Hall–Kier alpha value is -1.66. The van der Waals surface area contributed by atoms with Crippen molar-refractivity contribution in [2.45, 2.75) is 65.3 Å². The van der Waals surface area contributed by atoms with E-state index in [0.29, 0.717) is 6.04 Å². The summed E-state index contributed by atoms with van der Waals surface area (Å²) in [5.74, 6) is 0.294. The summed E-state index contributed by atoms with van der Waals surface area (Å²) in [6, 6.07) is 5.12. The largest absolute Gasteiger partial charge is 0.356 e. The molecule has 1 aromatic heterocycles. The van der Waals surface area contributed by atoms with Crippen molar-refractivity contribution >= 4 is 32.6 Å². The number of hydrogen-bond acceptors (Lipinski definition) is 5. The molecule has 2 aromatic rings. The molecule has 1 N–H and O–H groups in total. The molecule has 6 heteroatoms. The standard InChI is InChI=1S/C24H36N4OS/c1-17-14-18(2)22-21(15-17)30-24(26-22)28-12-6-9-20(16-28)23(29)25-10-7-13-27-11-5-4-8-19(27)3/h14-15,19-20H,4-13,16H2,1-3H3,(H,25,29). The molecule has 2 unspecified atom stereocenters. The Bertz CT molecular complexity index is 879. The van der Waals surface area contributed by atoms with Crippen molar-refractivity contribution in [1.29, 1.82) is 0 Å². The van der Waals surface area contributed by atoms with Crippen LogP contribution >= 0.6 is 11.3 Å². The van der Waals surface area contributed by atoms with Crippen molar-refractivity contribution < 1.29 is 4.79 Å². The van der Waals surface area contributed by atoms with Crippen molar-refractivity contribution in [3.63, 3.8) is 0 Å². The molecule has 3 heterocycles. The van der Waals surface area contributed by atoms with Gasteiger partial charge >= 0.3 is 0 Å². The van der Waals surface area contributed by atoms with Gasteiger partial charge in [-0.25, -0.2) is 4.98 Å². The number of aromatic nitrogens is 1. The van der Waals surface area contributed by atoms with Crippen LogP contribution in [0.4, 0.5) is 5.13 Å². The van der Waals surface area contributed by atoms with Crippen molar-refractivity contribution in [2.24, 2.45) is 5.92 Å². The maximum atomic E-state index is 12.8. The fourth-order valence-corrected chi connectivity index (χ4v) is 6.16. The number of fused-ring (bicyclic) bond motifs is 1. The number of carbonyl (C=O) groups is 1. The van der Waals surface area contributed by atoms with Gasteiger partial charge in [0.15, 0.2) is 5.13 Å². The van der Waals surface area contributed by atoms with E-state index in [0.717, 1.165) is 56.1 Å². The van der Waals surface area contributed by atoms with Crippen LogP contribution in [0.25, 0.3) is 10.2 Å². The second kappa shape index (κ2) is 9.65. The van der Waals surface area contributed by atoms with Gasteiger partial charge in [0.25, 0.3) is 0 Å². The predicted octanol–water partition coefficient (Wildman–Crippen LogP) is 4.51. The average Bonchev–Trinajstić information content (AvgIpc) is 3.17. The van der Waals surface area contributed by atoms with E-state index < -0.39 is 0 Å². The van der Waals surface area contributed by atoms with Crippen LogP contribution in [0.5, 0.6) is 0 Å². The average molecular weight is 429 g/mol. The number of nitrogens with one attached hydrogen (secondary N) is 1. The van der Waals surface area contributed by atoms with Crippen LogP contribution in [0.3, 0.4) is 0 Å². The van der Waals surface area contributed by atoms with Gasteiger partial charge in [0, 0.05) is 32.2 Å². The molecule has 2 fully saturated rings. The van der Waals surface area contributed by atoms with Gasteiger partial charge in [0.1, 0.15) is 0 Å². The summed E-state index contributed by atoms with van der Waals surface area (Å²) >= 11 is 1.76. The summed E-state index contributed by atoms with van der Waals surface area (Å²) in [5.41, 5.74) is 3.63. The lowest BCUT2D eigenvalue weighted by molar-refractivity contribution is -0.125. The second-order valence-corrected chi connectivity index (χ2v) is 10.2. The third-order valence-electron chi connectivity index (χ3n) is 6.74. The number of likely N-dealkylation sites (tertiary alicyclic amines) is 1. The highest BCUT2D eigenvalue weighted by atomic mass is 32.1. The lowest BCUT2D eigenvalue weighted by atomic mass is 9.97. The molecule has 0 spiro atoms. The molecule has 0 aliphatic carbocycles. The number of rotatable bonds is 6. The zero-order valence-corrected chi connectivity index (χ0v) is 19.6. The summed E-state index contributed by atoms with van der Waals surface area (Å²) in [5, 5.41) is 4.28. The first-order valence-corrected chi connectivity index (χ1v) is 12.5. The summed E-state index contributed by atoms with van der Waals surface area (Å²) in [7, 11) is 0. The Morgan fingerprint density at radius 1 is 1.20 bits per heavy atom. The third-order valence-corrected chi connectivity index (χ3v) is 7.81. The molecule has 4 rings (SSSR count). The molecule has 2 aliphatic rings. The Kier molecular flexibility index (Phi) is 6.94. The molecule has 1 aromatic carbocycles. The minimum absolute atomic E-state index is 0.0718. The molecule has 2 aliphatic heterocycles. The molecule has 0 radical (unpaired) electrons. The maximum absolute atomic E-state index is 12.8. The van der Waals surface area contributed by atoms with E-state index in [4.69, 9.17) is 4.98 Å². The Balaban J connectivity index is 1.29. The van der Waals surface area contributed by atoms with E-state index in [2.05, 4.69) is 48.0 Å². The number of thiazole rings is 1. The Labute approximate surface area is 184 Å². The number of benzene rings is 1. The van der Waals surface area contributed by atoms with E-state index in [-0.39, 0.29) is 11.8 Å². The topological polar surface area (TPSA) is 48.5 Å². The summed E-state index contributed by atoms with van der Waals surface area (Å²) in [4.78, 5) is 22.6. The van der Waals surface area contributed by atoms with Crippen LogP contribution in [-0.4, -0.2) is 54.6 Å². The normalized spacial score (nSPS) is 23.1. The maximum Gasteiger partial charge on any atom is 0.224 e. The van der Waals surface area contributed by atoms with E-state index in [9.17, 15) is 4.79 Å². The number of piperidine rings is 2. The Morgan fingerprint density at radius 3 is 2.90 bits per heavy atom. The first kappa shape index (κ1) is 21.6. The van der Waals surface area contributed by atoms with Gasteiger partial charge in [-0.15, -0.1) is 0 Å². The predicted molar refractivity (Wildman–Crippen MR) is 127 cm³/mol. The molecule has 0 bridgehead atoms. The van der Waals surface area contributed by atoms with Gasteiger partial charge in [-0.1, -0.05) is 23.8 Å². The first-order chi connectivity index (χ1) is 14.5. The van der Waals surface area contributed by atoms with Crippen molar-refractivity contribution in [1.82, 2.24) is 15.2 Å². The lowest BCUT2D eigenvalue weighted by Gasteiger charge is -2.33. The van der Waals surface area contributed by atoms with Gasteiger partial charge in [-0.2, -0.15) is 0 Å². The van der Waals surface area contributed by atoms with Crippen molar-refractivity contribution in [3.05, 3.63) is 23.3 Å². The smallest absolute Gasteiger partial charge is 0.224 e. The number of hydrogen-bond donors (Lipinski definition) is 1. The van der Waals surface area contributed by atoms with Crippen LogP contribution in [0.1, 0.15) is 56.6 Å². The molecule has 0 saturated carbocycles. The fourth-order valence-electron chi connectivity index (χ4n) is 4.99. The van der Waals surface area contributed by atoms with Crippen molar-refractivity contribution in [2.75, 3.05) is 37.6 Å². The van der Waals surface area contributed by atoms with E-state index in [1.54, 1.807) is 11.3 Å². The van der Waals surface area contributed by atoms with E-state index in [1.807, 2.05) is 0 Å². The lowest BCUT2D eigenvalue weighted by Crippen LogP contribution is -2.44. The van der Waals surface area contributed by atoms with E-state index >= 15 is 0 Å². The molecule has 30 heavy (non-hydrogen) atoms. The third kappa shape index (κ3) is 4.97. The molecular weight excluding hydrogens is 392 g/mol.